The van der Waals surface area contributed by atoms with Crippen LogP contribution in [0.4, 0.5) is 18.9 Å². The Morgan fingerprint density at radius 2 is 1.95 bits per heavy atom. The minimum atomic E-state index is -4.40. The fourth-order valence-electron chi connectivity index (χ4n) is 1.74. The van der Waals surface area contributed by atoms with E-state index in [9.17, 15) is 18.0 Å². The monoisotopic (exact) mass is 309 g/mol. The molecule has 1 aromatic heterocycles. The summed E-state index contributed by atoms with van der Waals surface area (Å²) < 4.78 is 37.7. The number of halogens is 3. The fraction of sp³-hybridized carbons (Fsp3) is 0.200. The molecule has 0 aliphatic carbocycles. The van der Waals surface area contributed by atoms with Gasteiger partial charge in [0.25, 0.3) is 0 Å². The second-order valence-corrected chi connectivity index (χ2v) is 4.53. The highest BCUT2D eigenvalue weighted by atomic mass is 19.4. The fourth-order valence-corrected chi connectivity index (χ4v) is 1.74. The predicted octanol–water partition coefficient (Wildman–Crippen LogP) is 2.83. The standard InChI is InChI=1S/C15H14F3N3O/c16-15(17,18)11-4-3-6-12(8-11)20-10-14(22)21-9-13-5-1-2-7-19-13/h1-8,20H,9-10H2,(H,21,22). The van der Waals surface area contributed by atoms with E-state index in [1.807, 2.05) is 0 Å². The van der Waals surface area contributed by atoms with Crippen LogP contribution in [0, 0.1) is 0 Å². The first kappa shape index (κ1) is 15.8. The Kier molecular flexibility index (Phi) is 4.98. The molecule has 0 aliphatic rings. The van der Waals surface area contributed by atoms with Crippen LogP contribution < -0.4 is 10.6 Å². The van der Waals surface area contributed by atoms with Crippen molar-refractivity contribution in [2.45, 2.75) is 12.7 Å². The zero-order valence-corrected chi connectivity index (χ0v) is 11.5. The van der Waals surface area contributed by atoms with Crippen LogP contribution in [0.1, 0.15) is 11.3 Å². The Balaban J connectivity index is 1.84. The van der Waals surface area contributed by atoms with Gasteiger partial charge >= 0.3 is 6.18 Å². The minimum absolute atomic E-state index is 0.117. The maximum Gasteiger partial charge on any atom is 0.416 e. The van der Waals surface area contributed by atoms with Crippen LogP contribution in [0.15, 0.2) is 48.7 Å². The molecule has 4 nitrogen and oxygen atoms in total. The van der Waals surface area contributed by atoms with Crippen LogP contribution in [0.5, 0.6) is 0 Å². The summed E-state index contributed by atoms with van der Waals surface area (Å²) in [5.74, 6) is -0.330. The van der Waals surface area contributed by atoms with E-state index in [4.69, 9.17) is 0 Å². The molecule has 0 fully saturated rings. The third-order valence-corrected chi connectivity index (χ3v) is 2.84. The summed E-state index contributed by atoms with van der Waals surface area (Å²) in [5, 5.41) is 5.29. The lowest BCUT2D eigenvalue weighted by atomic mass is 10.2. The Labute approximate surface area is 125 Å². The van der Waals surface area contributed by atoms with Gasteiger partial charge in [0, 0.05) is 11.9 Å². The first-order valence-electron chi connectivity index (χ1n) is 6.53. The number of hydrogen-bond acceptors (Lipinski definition) is 3. The summed E-state index contributed by atoms with van der Waals surface area (Å²) >= 11 is 0. The van der Waals surface area contributed by atoms with Gasteiger partial charge in [-0.3, -0.25) is 9.78 Å². The second-order valence-electron chi connectivity index (χ2n) is 4.53. The number of pyridine rings is 1. The van der Waals surface area contributed by atoms with E-state index in [0.29, 0.717) is 5.69 Å². The van der Waals surface area contributed by atoms with Gasteiger partial charge in [0.15, 0.2) is 0 Å². The predicted molar refractivity (Wildman–Crippen MR) is 76.0 cm³/mol. The lowest BCUT2D eigenvalue weighted by molar-refractivity contribution is -0.137. The maximum atomic E-state index is 12.6. The summed E-state index contributed by atoms with van der Waals surface area (Å²) in [7, 11) is 0. The summed E-state index contributed by atoms with van der Waals surface area (Å²) in [6, 6.07) is 10.0. The molecule has 2 N–H and O–H groups in total. The van der Waals surface area contributed by atoms with Crippen molar-refractivity contribution in [3.63, 3.8) is 0 Å². The quantitative estimate of drug-likeness (QED) is 0.893. The number of carbonyl (C=O) groups is 1. The molecule has 0 aliphatic heterocycles. The van der Waals surface area contributed by atoms with Crippen molar-refractivity contribution in [1.29, 1.82) is 0 Å². The number of nitrogens with one attached hydrogen (secondary N) is 2. The molecule has 0 atom stereocenters. The third-order valence-electron chi connectivity index (χ3n) is 2.84. The minimum Gasteiger partial charge on any atom is -0.376 e. The lowest BCUT2D eigenvalue weighted by Crippen LogP contribution is -2.29. The molecular weight excluding hydrogens is 295 g/mol. The Hall–Kier alpha value is -2.57. The van der Waals surface area contributed by atoms with Crippen LogP contribution in [0.2, 0.25) is 0 Å². The lowest BCUT2D eigenvalue weighted by Gasteiger charge is -2.10. The second kappa shape index (κ2) is 6.93. The van der Waals surface area contributed by atoms with Gasteiger partial charge < -0.3 is 10.6 Å². The maximum absolute atomic E-state index is 12.6. The van der Waals surface area contributed by atoms with Crippen molar-refractivity contribution in [3.05, 3.63) is 59.9 Å². The number of rotatable bonds is 5. The highest BCUT2D eigenvalue weighted by Crippen LogP contribution is 2.30. The third kappa shape index (κ3) is 4.76. The van der Waals surface area contributed by atoms with Crippen molar-refractivity contribution >= 4 is 11.6 Å². The number of aromatic nitrogens is 1. The topological polar surface area (TPSA) is 54.0 Å². The van der Waals surface area contributed by atoms with E-state index in [1.54, 1.807) is 24.4 Å². The summed E-state index contributed by atoms with van der Waals surface area (Å²) in [6.45, 7) is 0.151. The van der Waals surface area contributed by atoms with Crippen molar-refractivity contribution in [2.75, 3.05) is 11.9 Å². The molecule has 1 aromatic carbocycles. The van der Waals surface area contributed by atoms with Gasteiger partial charge in [-0.25, -0.2) is 0 Å². The molecule has 0 radical (unpaired) electrons. The molecule has 2 rings (SSSR count). The smallest absolute Gasteiger partial charge is 0.376 e. The number of benzene rings is 1. The molecule has 116 valence electrons. The number of nitrogens with zero attached hydrogens (tertiary/aromatic N) is 1. The van der Waals surface area contributed by atoms with Gasteiger partial charge in [0.05, 0.1) is 24.3 Å². The highest BCUT2D eigenvalue weighted by Gasteiger charge is 2.30. The summed E-state index contributed by atoms with van der Waals surface area (Å²) in [4.78, 5) is 15.7. The van der Waals surface area contributed by atoms with Crippen LogP contribution in [-0.2, 0) is 17.5 Å². The van der Waals surface area contributed by atoms with Crippen LogP contribution >= 0.6 is 0 Å². The largest absolute Gasteiger partial charge is 0.416 e. The van der Waals surface area contributed by atoms with E-state index < -0.39 is 11.7 Å². The van der Waals surface area contributed by atoms with E-state index in [0.717, 1.165) is 12.1 Å². The SMILES string of the molecule is O=C(CNc1cccc(C(F)(F)F)c1)NCc1ccccn1. The molecule has 2 aromatic rings. The van der Waals surface area contributed by atoms with E-state index in [1.165, 1.54) is 12.1 Å². The Morgan fingerprint density at radius 1 is 1.14 bits per heavy atom. The van der Waals surface area contributed by atoms with Crippen molar-refractivity contribution in [2.24, 2.45) is 0 Å². The van der Waals surface area contributed by atoms with Crippen molar-refractivity contribution < 1.29 is 18.0 Å². The number of amides is 1. The number of alkyl halides is 3. The van der Waals surface area contributed by atoms with Crippen molar-refractivity contribution in [1.82, 2.24) is 10.3 Å². The molecule has 0 unspecified atom stereocenters. The van der Waals surface area contributed by atoms with E-state index >= 15 is 0 Å². The molecule has 0 saturated carbocycles. The van der Waals surface area contributed by atoms with Crippen molar-refractivity contribution in [3.8, 4) is 0 Å². The van der Waals surface area contributed by atoms with Gasteiger partial charge in [0.1, 0.15) is 0 Å². The van der Waals surface area contributed by atoms with Gasteiger partial charge in [-0.15, -0.1) is 0 Å². The number of anilines is 1. The normalized spacial score (nSPS) is 11.0. The number of carbonyl (C=O) groups excluding carboxylic acids is 1. The van der Waals surface area contributed by atoms with Crippen LogP contribution in [0.25, 0.3) is 0 Å². The summed E-state index contributed by atoms with van der Waals surface area (Å²) in [6.07, 6.45) is -2.79. The molecule has 1 amide bonds. The Morgan fingerprint density at radius 3 is 2.64 bits per heavy atom. The van der Waals surface area contributed by atoms with Gasteiger partial charge in [-0.1, -0.05) is 12.1 Å². The zero-order valence-electron chi connectivity index (χ0n) is 11.5. The number of hydrogen-bond donors (Lipinski definition) is 2. The van der Waals surface area contributed by atoms with Crippen LogP contribution in [0.3, 0.4) is 0 Å². The Bertz CT molecular complexity index is 629. The molecule has 7 heteroatoms. The molecule has 0 bridgehead atoms. The summed E-state index contributed by atoms with van der Waals surface area (Å²) in [5.41, 5.74) is 0.184. The molecule has 0 saturated heterocycles. The van der Waals surface area contributed by atoms with E-state index in [2.05, 4.69) is 15.6 Å². The average molecular weight is 309 g/mol. The van der Waals surface area contributed by atoms with Gasteiger partial charge in [0.2, 0.25) is 5.91 Å². The average Bonchev–Trinajstić information content (AvgIpc) is 2.51. The zero-order chi connectivity index (χ0) is 16.0. The highest BCUT2D eigenvalue weighted by molar-refractivity contribution is 5.80. The first-order chi connectivity index (χ1) is 10.4. The van der Waals surface area contributed by atoms with Gasteiger partial charge in [-0.2, -0.15) is 13.2 Å². The van der Waals surface area contributed by atoms with E-state index in [-0.39, 0.29) is 24.7 Å². The van der Waals surface area contributed by atoms with Crippen LogP contribution in [-0.4, -0.2) is 17.4 Å². The molecular formula is C15H14F3N3O. The molecule has 0 spiro atoms. The molecule has 22 heavy (non-hydrogen) atoms. The first-order valence-corrected chi connectivity index (χ1v) is 6.53. The molecule has 1 heterocycles. The van der Waals surface area contributed by atoms with Gasteiger partial charge in [-0.05, 0) is 30.3 Å².